The number of morpholine rings is 1. The number of nitrogens with zero attached hydrogens (tertiary/aromatic N) is 3. The number of carbonyl (C=O) groups excluding carboxylic acids is 1. The van der Waals surface area contributed by atoms with Crippen molar-refractivity contribution in [1.29, 1.82) is 0 Å². The fourth-order valence-corrected chi connectivity index (χ4v) is 4.04. The molecule has 0 aromatic heterocycles. The van der Waals surface area contributed by atoms with Gasteiger partial charge in [-0.15, -0.1) is 0 Å². The van der Waals surface area contributed by atoms with Crippen molar-refractivity contribution in [3.8, 4) is 0 Å². The number of halogens is 3. The number of carbonyl (C=O) groups is 1. The van der Waals surface area contributed by atoms with Crippen LogP contribution in [0, 0.1) is 0 Å². The summed E-state index contributed by atoms with van der Waals surface area (Å²) in [6.45, 7) is 2.25. The maximum absolute atomic E-state index is 13.0. The fourth-order valence-electron chi connectivity index (χ4n) is 3.42. The minimum Gasteiger partial charge on any atom is -0.378 e. The monoisotopic (exact) mass is 437 g/mol. The number of ether oxygens (including phenoxy) is 1. The van der Waals surface area contributed by atoms with Crippen molar-refractivity contribution < 1.29 is 9.53 Å². The average molecular weight is 439 g/mol. The average Bonchev–Trinajstić information content (AvgIpc) is 3.13. The number of amides is 1. The maximum Gasteiger partial charge on any atom is 0.270 e. The molecule has 8 heteroatoms. The van der Waals surface area contributed by atoms with E-state index in [1.807, 2.05) is 30.3 Å². The van der Waals surface area contributed by atoms with Crippen LogP contribution in [-0.4, -0.2) is 42.8 Å². The smallest absolute Gasteiger partial charge is 0.270 e. The van der Waals surface area contributed by atoms with Gasteiger partial charge < -0.3 is 9.64 Å². The minimum atomic E-state index is -0.157. The van der Waals surface area contributed by atoms with Gasteiger partial charge in [-0.1, -0.05) is 46.9 Å². The molecule has 146 valence electrons. The van der Waals surface area contributed by atoms with E-state index in [1.54, 1.807) is 22.0 Å². The highest BCUT2D eigenvalue weighted by molar-refractivity contribution is 6.40. The second kappa shape index (κ2) is 8.29. The Morgan fingerprint density at radius 3 is 2.36 bits per heavy atom. The van der Waals surface area contributed by atoms with E-state index in [2.05, 4.69) is 5.10 Å². The molecule has 2 aromatic carbocycles. The summed E-state index contributed by atoms with van der Waals surface area (Å²) in [6, 6.07) is 12.7. The Balaban J connectivity index is 1.69. The Morgan fingerprint density at radius 1 is 1.00 bits per heavy atom. The third kappa shape index (κ3) is 3.98. The lowest BCUT2D eigenvalue weighted by Gasteiger charge is -2.26. The summed E-state index contributed by atoms with van der Waals surface area (Å²) in [7, 11) is 0. The highest BCUT2D eigenvalue weighted by Crippen LogP contribution is 2.40. The number of benzene rings is 2. The lowest BCUT2D eigenvalue weighted by molar-refractivity contribution is -0.128. The molecule has 0 radical (unpaired) electrons. The zero-order valence-electron chi connectivity index (χ0n) is 14.9. The maximum atomic E-state index is 13.0. The van der Waals surface area contributed by atoms with Gasteiger partial charge in [-0.2, -0.15) is 5.10 Å². The molecule has 1 fully saturated rings. The third-order valence-corrected chi connectivity index (χ3v) is 5.66. The molecule has 1 saturated heterocycles. The summed E-state index contributed by atoms with van der Waals surface area (Å²) >= 11 is 18.5. The van der Waals surface area contributed by atoms with E-state index in [0.717, 1.165) is 5.56 Å². The predicted molar refractivity (Wildman–Crippen MR) is 113 cm³/mol. The molecular formula is C20H18Cl3N3O2. The van der Waals surface area contributed by atoms with Crippen molar-refractivity contribution in [3.63, 3.8) is 0 Å². The van der Waals surface area contributed by atoms with E-state index in [-0.39, 0.29) is 11.9 Å². The Morgan fingerprint density at radius 2 is 1.68 bits per heavy atom. The van der Waals surface area contributed by atoms with Gasteiger partial charge in [-0.3, -0.25) is 9.80 Å². The van der Waals surface area contributed by atoms with E-state index >= 15 is 0 Å². The molecule has 2 aliphatic rings. The zero-order chi connectivity index (χ0) is 19.7. The Hall–Kier alpha value is -1.79. The van der Waals surface area contributed by atoms with Crippen molar-refractivity contribution in [3.05, 3.63) is 63.1 Å². The van der Waals surface area contributed by atoms with Gasteiger partial charge in [0, 0.05) is 29.6 Å². The van der Waals surface area contributed by atoms with Gasteiger partial charge in [0.25, 0.3) is 5.91 Å². The van der Waals surface area contributed by atoms with Crippen LogP contribution in [0.1, 0.15) is 18.0 Å². The van der Waals surface area contributed by atoms with Crippen LogP contribution in [0.2, 0.25) is 15.1 Å². The van der Waals surface area contributed by atoms with Gasteiger partial charge in [0.05, 0.1) is 30.0 Å². The SMILES string of the molecule is O=C(C1=NN(c2ccc(Cl)cc2Cl)C(c2ccc(Cl)cc2)C1)N1CCOCC1. The number of rotatable bonds is 3. The molecule has 4 rings (SSSR count). The second-order valence-electron chi connectivity index (χ2n) is 6.66. The van der Waals surface area contributed by atoms with E-state index in [0.29, 0.717) is 59.2 Å². The van der Waals surface area contributed by atoms with Gasteiger partial charge in [-0.25, -0.2) is 0 Å². The molecular weight excluding hydrogens is 421 g/mol. The highest BCUT2D eigenvalue weighted by Gasteiger charge is 2.35. The summed E-state index contributed by atoms with van der Waals surface area (Å²) in [4.78, 5) is 14.8. The molecule has 0 saturated carbocycles. The zero-order valence-corrected chi connectivity index (χ0v) is 17.2. The molecule has 5 nitrogen and oxygen atoms in total. The summed E-state index contributed by atoms with van der Waals surface area (Å²) in [5.74, 6) is -0.0603. The largest absolute Gasteiger partial charge is 0.378 e. The lowest BCUT2D eigenvalue weighted by Crippen LogP contribution is -2.43. The van der Waals surface area contributed by atoms with Crippen LogP contribution in [0.25, 0.3) is 0 Å². The molecule has 0 aliphatic carbocycles. The number of anilines is 1. The van der Waals surface area contributed by atoms with Crippen molar-refractivity contribution in [2.45, 2.75) is 12.5 Å². The van der Waals surface area contributed by atoms with Gasteiger partial charge in [0.15, 0.2) is 0 Å². The number of hydrogen-bond acceptors (Lipinski definition) is 4. The first-order valence-corrected chi connectivity index (χ1v) is 10.1. The van der Waals surface area contributed by atoms with Crippen LogP contribution < -0.4 is 5.01 Å². The standard InChI is InChI=1S/C20H18Cl3N3O2/c21-14-3-1-13(2-4-14)19-12-17(20(27)25-7-9-28-10-8-25)24-26(19)18-6-5-15(22)11-16(18)23/h1-6,11,19H,7-10,12H2. The van der Waals surface area contributed by atoms with E-state index in [4.69, 9.17) is 39.5 Å². The lowest BCUT2D eigenvalue weighted by atomic mass is 10.0. The summed E-state index contributed by atoms with van der Waals surface area (Å²) in [6.07, 6.45) is 0.483. The molecule has 2 heterocycles. The second-order valence-corrected chi connectivity index (χ2v) is 7.94. The van der Waals surface area contributed by atoms with Crippen LogP contribution in [0.4, 0.5) is 5.69 Å². The topological polar surface area (TPSA) is 45.1 Å². The third-order valence-electron chi connectivity index (χ3n) is 4.87. The normalized spacial score (nSPS) is 19.7. The number of hydrazone groups is 1. The van der Waals surface area contributed by atoms with Crippen molar-refractivity contribution in [1.82, 2.24) is 4.90 Å². The van der Waals surface area contributed by atoms with Crippen LogP contribution in [-0.2, 0) is 9.53 Å². The first kappa shape index (κ1) is 19.5. The van der Waals surface area contributed by atoms with Gasteiger partial charge in [-0.05, 0) is 35.9 Å². The van der Waals surface area contributed by atoms with Gasteiger partial charge >= 0.3 is 0 Å². The molecule has 2 aromatic rings. The molecule has 1 unspecified atom stereocenters. The molecule has 2 aliphatic heterocycles. The first-order chi connectivity index (χ1) is 13.5. The van der Waals surface area contributed by atoms with Crippen LogP contribution >= 0.6 is 34.8 Å². The van der Waals surface area contributed by atoms with Crippen LogP contribution in [0.15, 0.2) is 47.6 Å². The first-order valence-electron chi connectivity index (χ1n) is 8.97. The van der Waals surface area contributed by atoms with E-state index < -0.39 is 0 Å². The van der Waals surface area contributed by atoms with E-state index in [9.17, 15) is 4.79 Å². The minimum absolute atomic E-state index is 0.0603. The fraction of sp³-hybridized carbons (Fsp3) is 0.300. The Kier molecular flexibility index (Phi) is 5.78. The van der Waals surface area contributed by atoms with Gasteiger partial charge in [0.2, 0.25) is 0 Å². The van der Waals surface area contributed by atoms with Crippen molar-refractivity contribution >= 4 is 52.1 Å². The predicted octanol–water partition coefficient (Wildman–Crippen LogP) is 4.81. The Labute approximate surface area is 178 Å². The number of hydrogen-bond donors (Lipinski definition) is 0. The van der Waals surface area contributed by atoms with Gasteiger partial charge in [0.1, 0.15) is 5.71 Å². The van der Waals surface area contributed by atoms with Crippen LogP contribution in [0.5, 0.6) is 0 Å². The quantitative estimate of drug-likeness (QED) is 0.690. The van der Waals surface area contributed by atoms with E-state index in [1.165, 1.54) is 0 Å². The summed E-state index contributed by atoms with van der Waals surface area (Å²) < 4.78 is 5.34. The molecule has 0 spiro atoms. The molecule has 1 atom stereocenters. The molecule has 28 heavy (non-hydrogen) atoms. The summed E-state index contributed by atoms with van der Waals surface area (Å²) in [5.41, 5.74) is 2.22. The summed E-state index contributed by atoms with van der Waals surface area (Å²) in [5, 5.41) is 8.15. The Bertz CT molecular complexity index is 911. The van der Waals surface area contributed by atoms with Crippen LogP contribution in [0.3, 0.4) is 0 Å². The molecule has 1 amide bonds. The van der Waals surface area contributed by atoms with Crippen molar-refractivity contribution in [2.24, 2.45) is 5.10 Å². The van der Waals surface area contributed by atoms with Crippen molar-refractivity contribution in [2.75, 3.05) is 31.3 Å². The molecule has 0 N–H and O–H groups in total. The highest BCUT2D eigenvalue weighted by atomic mass is 35.5. The molecule has 0 bridgehead atoms.